The molecule has 0 saturated carbocycles. The SMILES string of the molecule is CCOCCNC(=O)C(Cl)Cl. The Morgan fingerprint density at radius 2 is 2.27 bits per heavy atom. The molecule has 66 valence electrons. The highest BCUT2D eigenvalue weighted by Gasteiger charge is 2.08. The molecule has 0 aromatic carbocycles. The molecule has 0 unspecified atom stereocenters. The van der Waals surface area contributed by atoms with Crippen LogP contribution in [0.1, 0.15) is 6.92 Å². The lowest BCUT2D eigenvalue weighted by atomic mass is 10.6. The molecule has 0 spiro atoms. The Morgan fingerprint density at radius 1 is 1.64 bits per heavy atom. The molecule has 0 saturated heterocycles. The zero-order valence-electron chi connectivity index (χ0n) is 6.27. The number of carbonyl (C=O) groups excluding carboxylic acids is 1. The second-order valence-corrected chi connectivity index (χ2v) is 2.88. The molecule has 0 aromatic rings. The number of ether oxygens (including phenoxy) is 1. The van der Waals surface area contributed by atoms with Gasteiger partial charge in [-0.15, -0.1) is 0 Å². The number of hydrogen-bond acceptors (Lipinski definition) is 2. The third kappa shape index (κ3) is 6.41. The molecule has 0 aromatic heterocycles. The van der Waals surface area contributed by atoms with E-state index in [1.807, 2.05) is 6.92 Å². The number of rotatable bonds is 5. The first-order valence-corrected chi connectivity index (χ1v) is 4.19. The van der Waals surface area contributed by atoms with E-state index in [0.717, 1.165) is 0 Å². The van der Waals surface area contributed by atoms with Crippen LogP contribution in [0.15, 0.2) is 0 Å². The van der Waals surface area contributed by atoms with Crippen molar-refractivity contribution < 1.29 is 9.53 Å². The minimum atomic E-state index is -0.989. The molecule has 0 heterocycles. The third-order valence-electron chi connectivity index (χ3n) is 0.948. The summed E-state index contributed by atoms with van der Waals surface area (Å²) in [5.41, 5.74) is 0. The molecule has 11 heavy (non-hydrogen) atoms. The summed E-state index contributed by atoms with van der Waals surface area (Å²) in [6.45, 7) is 3.46. The van der Waals surface area contributed by atoms with Gasteiger partial charge in [-0.25, -0.2) is 0 Å². The second-order valence-electron chi connectivity index (χ2n) is 1.79. The van der Waals surface area contributed by atoms with Crippen molar-refractivity contribution in [2.75, 3.05) is 19.8 Å². The van der Waals surface area contributed by atoms with Crippen LogP contribution in [0.3, 0.4) is 0 Å². The summed E-state index contributed by atoms with van der Waals surface area (Å²) < 4.78 is 4.96. The Bertz CT molecular complexity index is 119. The number of amides is 1. The highest BCUT2D eigenvalue weighted by atomic mass is 35.5. The van der Waals surface area contributed by atoms with Crippen molar-refractivity contribution in [2.45, 2.75) is 11.8 Å². The van der Waals surface area contributed by atoms with Crippen molar-refractivity contribution in [1.29, 1.82) is 0 Å². The summed E-state index contributed by atoms with van der Waals surface area (Å²) in [5, 5.41) is 2.49. The molecule has 5 heteroatoms. The van der Waals surface area contributed by atoms with Gasteiger partial charge in [0, 0.05) is 13.2 Å². The van der Waals surface area contributed by atoms with Crippen molar-refractivity contribution >= 4 is 29.1 Å². The largest absolute Gasteiger partial charge is 0.380 e. The maximum atomic E-state index is 10.7. The molecule has 0 fully saturated rings. The average Bonchev–Trinajstić information content (AvgIpc) is 1.97. The molecule has 0 radical (unpaired) electrons. The van der Waals surface area contributed by atoms with E-state index >= 15 is 0 Å². The van der Waals surface area contributed by atoms with Gasteiger partial charge in [-0.05, 0) is 6.92 Å². The fourth-order valence-corrected chi connectivity index (χ4v) is 0.622. The summed E-state index contributed by atoms with van der Waals surface area (Å²) in [6.07, 6.45) is 0. The maximum Gasteiger partial charge on any atom is 0.253 e. The van der Waals surface area contributed by atoms with Gasteiger partial charge in [0.15, 0.2) is 4.84 Å². The summed E-state index contributed by atoms with van der Waals surface area (Å²) >= 11 is 10.5. The lowest BCUT2D eigenvalue weighted by molar-refractivity contribution is -0.119. The van der Waals surface area contributed by atoms with Crippen LogP contribution < -0.4 is 5.32 Å². The molecular formula is C6H11Cl2NO2. The third-order valence-corrected chi connectivity index (χ3v) is 1.34. The normalized spacial score (nSPS) is 10.2. The van der Waals surface area contributed by atoms with Gasteiger partial charge in [-0.3, -0.25) is 4.79 Å². The van der Waals surface area contributed by atoms with Gasteiger partial charge in [0.25, 0.3) is 5.91 Å². The van der Waals surface area contributed by atoms with Crippen LogP contribution in [0.5, 0.6) is 0 Å². The van der Waals surface area contributed by atoms with Gasteiger partial charge in [0.2, 0.25) is 0 Å². The van der Waals surface area contributed by atoms with Crippen LogP contribution in [0, 0.1) is 0 Å². The van der Waals surface area contributed by atoms with Gasteiger partial charge >= 0.3 is 0 Å². The van der Waals surface area contributed by atoms with E-state index in [0.29, 0.717) is 19.8 Å². The van der Waals surface area contributed by atoms with E-state index in [2.05, 4.69) is 5.32 Å². The Labute approximate surface area is 76.0 Å². The molecule has 0 rings (SSSR count). The average molecular weight is 200 g/mol. The quantitative estimate of drug-likeness (QED) is 0.529. The summed E-state index contributed by atoms with van der Waals surface area (Å²) in [7, 11) is 0. The standard InChI is InChI=1S/C6H11Cl2NO2/c1-2-11-4-3-9-6(10)5(7)8/h5H,2-4H2,1H3,(H,9,10). The van der Waals surface area contributed by atoms with Crippen LogP contribution in [0.4, 0.5) is 0 Å². The Morgan fingerprint density at radius 3 is 2.73 bits per heavy atom. The smallest absolute Gasteiger partial charge is 0.253 e. The molecule has 3 nitrogen and oxygen atoms in total. The van der Waals surface area contributed by atoms with Gasteiger partial charge in [0.1, 0.15) is 0 Å². The minimum Gasteiger partial charge on any atom is -0.380 e. The molecule has 1 amide bonds. The van der Waals surface area contributed by atoms with Crippen LogP contribution in [0.2, 0.25) is 0 Å². The summed E-state index contributed by atoms with van der Waals surface area (Å²) in [4.78, 5) is 9.69. The Kier molecular flexibility index (Phi) is 6.71. The number of carbonyl (C=O) groups is 1. The summed E-state index contributed by atoms with van der Waals surface area (Å²) in [6, 6.07) is 0. The van der Waals surface area contributed by atoms with Crippen LogP contribution in [0.25, 0.3) is 0 Å². The first-order valence-electron chi connectivity index (χ1n) is 3.32. The van der Waals surface area contributed by atoms with E-state index in [1.165, 1.54) is 0 Å². The van der Waals surface area contributed by atoms with E-state index in [4.69, 9.17) is 27.9 Å². The fourth-order valence-electron chi connectivity index (χ4n) is 0.468. The van der Waals surface area contributed by atoms with E-state index in [9.17, 15) is 4.79 Å². The number of alkyl halides is 2. The van der Waals surface area contributed by atoms with Gasteiger partial charge in [-0.1, -0.05) is 23.2 Å². The predicted octanol–water partition coefficient (Wildman–Crippen LogP) is 0.943. The topological polar surface area (TPSA) is 38.3 Å². The van der Waals surface area contributed by atoms with Crippen molar-refractivity contribution in [3.63, 3.8) is 0 Å². The fraction of sp³-hybridized carbons (Fsp3) is 0.833. The van der Waals surface area contributed by atoms with Gasteiger partial charge < -0.3 is 10.1 Å². The molecule has 0 aliphatic heterocycles. The molecule has 0 aliphatic rings. The zero-order chi connectivity index (χ0) is 8.69. The molecule has 0 aliphatic carbocycles. The Balaban J connectivity index is 3.18. The molecule has 0 atom stereocenters. The Hall–Kier alpha value is 0.01000. The predicted molar refractivity (Wildman–Crippen MR) is 45.0 cm³/mol. The van der Waals surface area contributed by atoms with Crippen LogP contribution >= 0.6 is 23.2 Å². The second kappa shape index (κ2) is 6.70. The first-order chi connectivity index (χ1) is 5.18. The van der Waals surface area contributed by atoms with Gasteiger partial charge in [-0.2, -0.15) is 0 Å². The van der Waals surface area contributed by atoms with Gasteiger partial charge in [0.05, 0.1) is 6.61 Å². The molecule has 1 N–H and O–H groups in total. The highest BCUT2D eigenvalue weighted by molar-refractivity contribution is 6.53. The van der Waals surface area contributed by atoms with Crippen molar-refractivity contribution in [2.24, 2.45) is 0 Å². The van der Waals surface area contributed by atoms with Crippen molar-refractivity contribution in [1.82, 2.24) is 5.32 Å². The lowest BCUT2D eigenvalue weighted by Crippen LogP contribution is -2.31. The maximum absolute atomic E-state index is 10.7. The molecular weight excluding hydrogens is 189 g/mol. The van der Waals surface area contributed by atoms with Crippen LogP contribution in [-0.4, -0.2) is 30.5 Å². The minimum absolute atomic E-state index is 0.381. The van der Waals surface area contributed by atoms with Crippen LogP contribution in [-0.2, 0) is 9.53 Å². The lowest BCUT2D eigenvalue weighted by Gasteiger charge is -2.04. The highest BCUT2D eigenvalue weighted by Crippen LogP contribution is 1.99. The summed E-state index contributed by atoms with van der Waals surface area (Å²) in [5.74, 6) is -0.381. The van der Waals surface area contributed by atoms with E-state index in [1.54, 1.807) is 0 Å². The molecule has 0 bridgehead atoms. The van der Waals surface area contributed by atoms with Crippen molar-refractivity contribution in [3.05, 3.63) is 0 Å². The van der Waals surface area contributed by atoms with E-state index < -0.39 is 4.84 Å². The monoisotopic (exact) mass is 199 g/mol. The number of nitrogens with one attached hydrogen (secondary N) is 1. The zero-order valence-corrected chi connectivity index (χ0v) is 7.78. The van der Waals surface area contributed by atoms with E-state index in [-0.39, 0.29) is 5.91 Å². The first kappa shape index (κ1) is 11.0. The van der Waals surface area contributed by atoms with Crippen molar-refractivity contribution in [3.8, 4) is 0 Å². The number of halogens is 2. The number of hydrogen-bond donors (Lipinski definition) is 1.